The number of aromatic nitrogens is 5. The van der Waals surface area contributed by atoms with E-state index >= 15 is 0 Å². The Hall–Kier alpha value is -4.80. The van der Waals surface area contributed by atoms with Crippen molar-refractivity contribution in [3.63, 3.8) is 0 Å². The molecule has 6 aromatic rings. The summed E-state index contributed by atoms with van der Waals surface area (Å²) >= 11 is 0. The smallest absolute Gasteiger partial charge is 0.343 e. The maximum Gasteiger partial charge on any atom is 0.343 e. The monoisotopic (exact) mass is 569 g/mol. The van der Waals surface area contributed by atoms with Crippen LogP contribution in [0.25, 0.3) is 44.2 Å². The molecule has 208 valence electrons. The maximum absolute atomic E-state index is 13.2. The molecule has 0 bridgehead atoms. The third-order valence-corrected chi connectivity index (χ3v) is 6.84. The van der Waals surface area contributed by atoms with E-state index in [1.165, 1.54) is 12.5 Å². The van der Waals surface area contributed by atoms with Crippen LogP contribution in [-0.2, 0) is 6.54 Å². The van der Waals surface area contributed by atoms with E-state index in [0.29, 0.717) is 33.4 Å². The highest BCUT2D eigenvalue weighted by atomic mass is 35.5. The van der Waals surface area contributed by atoms with Gasteiger partial charge in [-0.15, -0.1) is 12.4 Å². The van der Waals surface area contributed by atoms with Gasteiger partial charge in [0.2, 0.25) is 0 Å². The van der Waals surface area contributed by atoms with Gasteiger partial charge in [0.15, 0.2) is 5.65 Å². The lowest BCUT2D eigenvalue weighted by Crippen LogP contribution is -2.15. The molecule has 3 N–H and O–H groups in total. The van der Waals surface area contributed by atoms with Crippen LogP contribution in [0, 0.1) is 0 Å². The van der Waals surface area contributed by atoms with Crippen molar-refractivity contribution < 1.29 is 9.52 Å². The van der Waals surface area contributed by atoms with E-state index in [9.17, 15) is 9.90 Å². The van der Waals surface area contributed by atoms with Crippen LogP contribution in [0.15, 0.2) is 82.5 Å². The molecule has 0 fully saturated rings. The molecule has 41 heavy (non-hydrogen) atoms. The zero-order valence-electron chi connectivity index (χ0n) is 22.6. The molecule has 0 amide bonds. The predicted molar refractivity (Wildman–Crippen MR) is 161 cm³/mol. The molecular weight excluding hydrogens is 542 g/mol. The summed E-state index contributed by atoms with van der Waals surface area (Å²) < 4.78 is 7.75. The molecule has 1 atom stereocenters. The van der Waals surface area contributed by atoms with Crippen molar-refractivity contribution in [3.8, 4) is 28.1 Å². The van der Waals surface area contributed by atoms with E-state index in [1.54, 1.807) is 23.0 Å². The molecule has 10 nitrogen and oxygen atoms in total. The van der Waals surface area contributed by atoms with Crippen molar-refractivity contribution in [1.29, 1.82) is 0 Å². The molecule has 11 heteroatoms. The Morgan fingerprint density at radius 1 is 1.02 bits per heavy atom. The number of pyridine rings is 1. The summed E-state index contributed by atoms with van der Waals surface area (Å²) in [4.78, 5) is 28.1. The summed E-state index contributed by atoms with van der Waals surface area (Å²) in [6.45, 7) is 2.66. The molecule has 2 aromatic carbocycles. The van der Waals surface area contributed by atoms with E-state index in [4.69, 9.17) is 15.2 Å². The average molecular weight is 570 g/mol. The average Bonchev–Trinajstić information content (AvgIpc) is 3.33. The molecule has 0 saturated carbocycles. The van der Waals surface area contributed by atoms with Gasteiger partial charge in [0.05, 0.1) is 17.0 Å². The highest BCUT2D eigenvalue weighted by Gasteiger charge is 2.27. The van der Waals surface area contributed by atoms with Crippen molar-refractivity contribution in [2.45, 2.75) is 19.5 Å². The molecule has 0 radical (unpaired) electrons. The number of nitrogen functional groups attached to an aromatic ring is 1. The van der Waals surface area contributed by atoms with Gasteiger partial charge in [-0.1, -0.05) is 36.4 Å². The first kappa shape index (κ1) is 27.8. The summed E-state index contributed by atoms with van der Waals surface area (Å²) in [6.07, 6.45) is 4.29. The van der Waals surface area contributed by atoms with Gasteiger partial charge in [-0.05, 0) is 50.3 Å². The van der Waals surface area contributed by atoms with Crippen molar-refractivity contribution in [1.82, 2.24) is 29.6 Å². The Morgan fingerprint density at radius 3 is 2.56 bits per heavy atom. The lowest BCUT2D eigenvalue weighted by molar-refractivity contribution is 0.402. The highest BCUT2D eigenvalue weighted by molar-refractivity contribution is 5.99. The van der Waals surface area contributed by atoms with E-state index in [0.717, 1.165) is 28.6 Å². The van der Waals surface area contributed by atoms with Crippen molar-refractivity contribution in [2.75, 3.05) is 19.8 Å². The quantitative estimate of drug-likeness (QED) is 0.282. The lowest BCUT2D eigenvalue weighted by Gasteiger charge is -2.19. The van der Waals surface area contributed by atoms with Crippen LogP contribution in [0.1, 0.15) is 24.3 Å². The minimum atomic E-state index is -0.569. The Morgan fingerprint density at radius 2 is 1.80 bits per heavy atom. The van der Waals surface area contributed by atoms with E-state index in [-0.39, 0.29) is 24.0 Å². The Labute approximate surface area is 241 Å². The van der Waals surface area contributed by atoms with E-state index in [2.05, 4.69) is 32.0 Å². The van der Waals surface area contributed by atoms with Crippen LogP contribution >= 0.6 is 12.4 Å². The second-order valence-electron chi connectivity index (χ2n) is 9.97. The number of nitrogens with two attached hydrogens (primary N) is 1. The van der Waals surface area contributed by atoms with Gasteiger partial charge < -0.3 is 20.2 Å². The number of nitrogens with zero attached hydrogens (tertiary/aromatic N) is 6. The lowest BCUT2D eigenvalue weighted by atomic mass is 9.94. The van der Waals surface area contributed by atoms with Gasteiger partial charge in [0.25, 0.3) is 0 Å². The number of benzene rings is 2. The van der Waals surface area contributed by atoms with Gasteiger partial charge in [-0.3, -0.25) is 4.98 Å². The van der Waals surface area contributed by atoms with Crippen LogP contribution in [0.4, 0.5) is 5.82 Å². The first-order chi connectivity index (χ1) is 19.3. The molecule has 0 aliphatic heterocycles. The second-order valence-corrected chi connectivity index (χ2v) is 9.97. The van der Waals surface area contributed by atoms with Gasteiger partial charge in [-0.25, -0.2) is 19.4 Å². The topological polar surface area (TPSA) is 136 Å². The zero-order chi connectivity index (χ0) is 28.0. The predicted octanol–water partition coefficient (Wildman–Crippen LogP) is 5.04. The minimum Gasteiger partial charge on any atom is -0.506 e. The fourth-order valence-electron chi connectivity index (χ4n) is 5.14. The van der Waals surface area contributed by atoms with Crippen LogP contribution in [0.2, 0.25) is 0 Å². The van der Waals surface area contributed by atoms with Gasteiger partial charge in [-0.2, -0.15) is 5.10 Å². The molecular formula is C30H28ClN7O3. The number of rotatable bonds is 6. The van der Waals surface area contributed by atoms with E-state index < -0.39 is 11.7 Å². The standard InChI is InChI=1S/C30H27N7O3.ClH/c1-17(37-29-25(28(31)33-16-34-29)26(35-37)20-12-21(38)14-32-13-20)27-24(19-8-6-7-18(11-19)15-36(2)3)22-9-4-5-10-23(22)30(39)40-27;/h4-14,16-17,38H,15H2,1-3H3,(H2,31,33,34);1H/t17-;/m0./s1. The molecule has 0 unspecified atom stereocenters. The zero-order valence-corrected chi connectivity index (χ0v) is 23.5. The van der Waals surface area contributed by atoms with Crippen molar-refractivity contribution >= 4 is 40.0 Å². The fourth-order valence-corrected chi connectivity index (χ4v) is 5.14. The van der Waals surface area contributed by atoms with Crippen molar-refractivity contribution in [2.24, 2.45) is 0 Å². The molecule has 0 saturated heterocycles. The Balaban J connectivity index is 0.00000337. The van der Waals surface area contributed by atoms with Gasteiger partial charge in [0, 0.05) is 29.3 Å². The molecule has 4 aromatic heterocycles. The highest BCUT2D eigenvalue weighted by Crippen LogP contribution is 2.38. The number of hydrogen-bond acceptors (Lipinski definition) is 9. The Kier molecular flexibility index (Phi) is 7.44. The molecule has 0 aliphatic rings. The number of fused-ring (bicyclic) bond motifs is 2. The maximum atomic E-state index is 13.2. The largest absolute Gasteiger partial charge is 0.506 e. The third-order valence-electron chi connectivity index (χ3n) is 6.84. The molecule has 0 spiro atoms. The second kappa shape index (κ2) is 11.0. The third kappa shape index (κ3) is 4.99. The van der Waals surface area contributed by atoms with Crippen LogP contribution in [-0.4, -0.2) is 48.8 Å². The van der Waals surface area contributed by atoms with Gasteiger partial charge in [0.1, 0.15) is 35.4 Å². The summed E-state index contributed by atoms with van der Waals surface area (Å²) in [5.41, 5.74) is 10.2. The SMILES string of the molecule is C[C@@H](c1oc(=O)c2ccccc2c1-c1cccc(CN(C)C)c1)n1nc(-c2cncc(O)c2)c2c(N)ncnc21.Cl. The van der Waals surface area contributed by atoms with Crippen LogP contribution in [0.3, 0.4) is 0 Å². The summed E-state index contributed by atoms with van der Waals surface area (Å²) in [5.74, 6) is 0.662. The van der Waals surface area contributed by atoms with Gasteiger partial charge >= 0.3 is 5.63 Å². The first-order valence-corrected chi connectivity index (χ1v) is 12.7. The minimum absolute atomic E-state index is 0. The summed E-state index contributed by atoms with van der Waals surface area (Å²) in [6, 6.07) is 16.6. The number of aromatic hydroxyl groups is 1. The number of anilines is 1. The molecule has 4 heterocycles. The van der Waals surface area contributed by atoms with Crippen molar-refractivity contribution in [3.05, 3.63) is 95.1 Å². The summed E-state index contributed by atoms with van der Waals surface area (Å²) in [5, 5.41) is 16.7. The number of halogens is 1. The summed E-state index contributed by atoms with van der Waals surface area (Å²) in [7, 11) is 4.04. The van der Waals surface area contributed by atoms with E-state index in [1.807, 2.05) is 51.4 Å². The van der Waals surface area contributed by atoms with Crippen LogP contribution in [0.5, 0.6) is 5.75 Å². The molecule has 0 aliphatic carbocycles. The Bertz CT molecular complexity index is 1950. The first-order valence-electron chi connectivity index (χ1n) is 12.7. The number of hydrogen-bond donors (Lipinski definition) is 2. The normalized spacial score (nSPS) is 12.1. The fraction of sp³-hybridized carbons (Fsp3) is 0.167. The van der Waals surface area contributed by atoms with Crippen LogP contribution < -0.4 is 11.4 Å². The molecule has 6 rings (SSSR count).